The van der Waals surface area contributed by atoms with E-state index in [4.69, 9.17) is 4.42 Å². The fourth-order valence-corrected chi connectivity index (χ4v) is 3.86. The van der Waals surface area contributed by atoms with Crippen molar-refractivity contribution in [1.29, 1.82) is 0 Å². The largest absolute Gasteiger partial charge is 0.451 e. The Hall–Kier alpha value is -1.56. The van der Waals surface area contributed by atoms with E-state index < -0.39 is 0 Å². The molecule has 2 aromatic rings. The molecule has 0 saturated heterocycles. The lowest BCUT2D eigenvalue weighted by Crippen LogP contribution is -2.34. The molecule has 0 aliphatic heterocycles. The molecule has 2 aliphatic rings. The maximum atomic E-state index is 12.8. The first-order chi connectivity index (χ1) is 11.2. The molecule has 0 spiro atoms. The average molecular weight is 419 g/mol. The van der Waals surface area contributed by atoms with Gasteiger partial charge in [0.2, 0.25) is 5.91 Å². The van der Waals surface area contributed by atoms with Gasteiger partial charge in [0, 0.05) is 12.1 Å². The first-order valence-corrected chi connectivity index (χ1v) is 9.14. The molecule has 1 atom stereocenters. The number of hydrogen-bond acceptors (Lipinski definition) is 2. The predicted molar refractivity (Wildman–Crippen MR) is 97.8 cm³/mol. The van der Waals surface area contributed by atoms with E-state index in [9.17, 15) is 4.79 Å². The third-order valence-corrected chi connectivity index (χ3v) is 5.20. The highest BCUT2D eigenvalue weighted by molar-refractivity contribution is 14.1. The van der Waals surface area contributed by atoms with Crippen LogP contribution in [0, 0.1) is 3.77 Å². The van der Waals surface area contributed by atoms with Crippen LogP contribution in [0.2, 0.25) is 0 Å². The first kappa shape index (κ1) is 15.0. The molecule has 4 heteroatoms. The minimum atomic E-state index is 0.0978. The molecule has 1 saturated carbocycles. The summed E-state index contributed by atoms with van der Waals surface area (Å²) >= 11 is 2.13. The van der Waals surface area contributed by atoms with Crippen LogP contribution in [0.5, 0.6) is 0 Å². The summed E-state index contributed by atoms with van der Waals surface area (Å²) in [5.74, 6) is 0.825. The van der Waals surface area contributed by atoms with E-state index in [1.54, 1.807) is 12.2 Å². The highest BCUT2D eigenvalue weighted by atomic mass is 127. The molecule has 3 nitrogen and oxygen atoms in total. The molecule has 0 N–H and O–H groups in total. The minimum Gasteiger partial charge on any atom is -0.451 e. The van der Waals surface area contributed by atoms with Crippen molar-refractivity contribution in [3.05, 3.63) is 63.1 Å². The minimum absolute atomic E-state index is 0.0978. The second kappa shape index (κ2) is 6.15. The highest BCUT2D eigenvalue weighted by Crippen LogP contribution is 2.41. The zero-order valence-corrected chi connectivity index (χ0v) is 14.9. The third kappa shape index (κ3) is 3.09. The SMILES string of the molecule is O=C(/C=C/c1ccc(I)o1)N(C1CC1)C1CCc2ccccc21. The van der Waals surface area contributed by atoms with Gasteiger partial charge in [-0.15, -0.1) is 0 Å². The van der Waals surface area contributed by atoms with Crippen LogP contribution < -0.4 is 0 Å². The number of nitrogens with zero attached hydrogens (tertiary/aromatic N) is 1. The number of benzene rings is 1. The topological polar surface area (TPSA) is 33.5 Å². The van der Waals surface area contributed by atoms with E-state index in [0.717, 1.165) is 35.2 Å². The zero-order valence-electron chi connectivity index (χ0n) is 12.7. The molecule has 4 rings (SSSR count). The Balaban J connectivity index is 1.57. The zero-order chi connectivity index (χ0) is 15.8. The van der Waals surface area contributed by atoms with Gasteiger partial charge in [-0.1, -0.05) is 24.3 Å². The summed E-state index contributed by atoms with van der Waals surface area (Å²) in [6.45, 7) is 0. The number of halogens is 1. The van der Waals surface area contributed by atoms with E-state index >= 15 is 0 Å². The quantitative estimate of drug-likeness (QED) is 0.537. The average Bonchev–Trinajstić information content (AvgIpc) is 3.16. The van der Waals surface area contributed by atoms with E-state index in [0.29, 0.717) is 6.04 Å². The van der Waals surface area contributed by atoms with Crippen LogP contribution in [0.3, 0.4) is 0 Å². The molecular weight excluding hydrogens is 401 g/mol. The van der Waals surface area contributed by atoms with Crippen LogP contribution in [-0.2, 0) is 11.2 Å². The van der Waals surface area contributed by atoms with Crippen LogP contribution in [-0.4, -0.2) is 16.8 Å². The summed E-state index contributed by atoms with van der Waals surface area (Å²) in [5, 5.41) is 0. The van der Waals surface area contributed by atoms with Crippen molar-refractivity contribution in [3.8, 4) is 0 Å². The van der Waals surface area contributed by atoms with E-state index in [1.807, 2.05) is 12.1 Å². The van der Waals surface area contributed by atoms with E-state index in [1.165, 1.54) is 11.1 Å². The highest BCUT2D eigenvalue weighted by Gasteiger charge is 2.39. The Bertz CT molecular complexity index is 760. The summed E-state index contributed by atoms with van der Waals surface area (Å²) in [6, 6.07) is 12.9. The van der Waals surface area contributed by atoms with Crippen molar-refractivity contribution in [2.75, 3.05) is 0 Å². The molecule has 0 radical (unpaired) electrons. The van der Waals surface area contributed by atoms with Crippen LogP contribution in [0.25, 0.3) is 6.08 Å². The number of aryl methyl sites for hydroxylation is 1. The lowest BCUT2D eigenvalue weighted by molar-refractivity contribution is -0.129. The summed E-state index contributed by atoms with van der Waals surface area (Å²) in [7, 11) is 0. The molecular formula is C19H18INO2. The number of amides is 1. The summed E-state index contributed by atoms with van der Waals surface area (Å²) in [5.41, 5.74) is 2.72. The summed E-state index contributed by atoms with van der Waals surface area (Å²) in [4.78, 5) is 14.9. The van der Waals surface area contributed by atoms with Gasteiger partial charge in [0.1, 0.15) is 5.76 Å². The fourth-order valence-electron chi connectivity index (χ4n) is 3.42. The van der Waals surface area contributed by atoms with Gasteiger partial charge in [-0.25, -0.2) is 0 Å². The molecule has 23 heavy (non-hydrogen) atoms. The van der Waals surface area contributed by atoms with Crippen LogP contribution in [0.1, 0.15) is 42.2 Å². The number of rotatable bonds is 4. The van der Waals surface area contributed by atoms with E-state index in [2.05, 4.69) is 51.8 Å². The molecule has 1 fully saturated rings. The number of carbonyl (C=O) groups is 1. The molecule has 1 amide bonds. The van der Waals surface area contributed by atoms with Gasteiger partial charge >= 0.3 is 0 Å². The van der Waals surface area contributed by atoms with Gasteiger partial charge < -0.3 is 9.32 Å². The normalized spacial score (nSPS) is 20.0. The second-order valence-electron chi connectivity index (χ2n) is 6.21. The van der Waals surface area contributed by atoms with Gasteiger partial charge in [-0.05, 0) is 77.6 Å². The number of fused-ring (bicyclic) bond motifs is 1. The molecule has 0 bridgehead atoms. The standard InChI is InChI=1S/C19H18INO2/c20-18-11-8-15(23-18)9-12-19(22)21(14-6-7-14)17-10-5-13-3-1-2-4-16(13)17/h1-4,8-9,11-12,14,17H,5-7,10H2/b12-9+. The molecule has 1 aromatic carbocycles. The number of hydrogen-bond donors (Lipinski definition) is 0. The number of furan rings is 1. The molecule has 2 aliphatic carbocycles. The third-order valence-electron chi connectivity index (χ3n) is 4.62. The van der Waals surface area contributed by atoms with Crippen LogP contribution >= 0.6 is 22.6 Å². The summed E-state index contributed by atoms with van der Waals surface area (Å²) in [6.07, 6.45) is 7.79. The van der Waals surface area contributed by atoms with Gasteiger partial charge in [0.05, 0.1) is 6.04 Å². The Morgan fingerprint density at radius 2 is 2.00 bits per heavy atom. The van der Waals surface area contributed by atoms with Crippen molar-refractivity contribution in [2.24, 2.45) is 0 Å². The van der Waals surface area contributed by atoms with Crippen LogP contribution in [0.4, 0.5) is 0 Å². The first-order valence-electron chi connectivity index (χ1n) is 8.06. The smallest absolute Gasteiger partial charge is 0.247 e. The molecule has 1 unspecified atom stereocenters. The number of carbonyl (C=O) groups excluding carboxylic acids is 1. The molecule has 1 heterocycles. The van der Waals surface area contributed by atoms with Crippen molar-refractivity contribution < 1.29 is 9.21 Å². The van der Waals surface area contributed by atoms with Crippen LogP contribution in [0.15, 0.2) is 46.9 Å². The van der Waals surface area contributed by atoms with E-state index in [-0.39, 0.29) is 11.9 Å². The van der Waals surface area contributed by atoms with Crippen molar-refractivity contribution in [3.63, 3.8) is 0 Å². The Morgan fingerprint density at radius 1 is 1.17 bits per heavy atom. The second-order valence-corrected chi connectivity index (χ2v) is 7.27. The van der Waals surface area contributed by atoms with Gasteiger partial charge in [0.25, 0.3) is 0 Å². The Labute approximate surface area is 149 Å². The monoisotopic (exact) mass is 419 g/mol. The van der Waals surface area contributed by atoms with Crippen molar-refractivity contribution in [1.82, 2.24) is 4.90 Å². The maximum absolute atomic E-state index is 12.8. The van der Waals surface area contributed by atoms with Gasteiger partial charge in [-0.3, -0.25) is 4.79 Å². The van der Waals surface area contributed by atoms with Crippen molar-refractivity contribution >= 4 is 34.6 Å². The molecule has 1 aromatic heterocycles. The lowest BCUT2D eigenvalue weighted by atomic mass is 10.1. The lowest BCUT2D eigenvalue weighted by Gasteiger charge is -2.29. The van der Waals surface area contributed by atoms with Gasteiger partial charge in [-0.2, -0.15) is 0 Å². The Morgan fingerprint density at radius 3 is 2.74 bits per heavy atom. The maximum Gasteiger partial charge on any atom is 0.247 e. The van der Waals surface area contributed by atoms with Gasteiger partial charge in [0.15, 0.2) is 3.77 Å². The van der Waals surface area contributed by atoms with Crippen molar-refractivity contribution in [2.45, 2.75) is 37.8 Å². The fraction of sp³-hybridized carbons (Fsp3) is 0.316. The Kier molecular flexibility index (Phi) is 4.01. The molecule has 118 valence electrons. The predicted octanol–water partition coefficient (Wildman–Crippen LogP) is 4.58. The summed E-state index contributed by atoms with van der Waals surface area (Å²) < 4.78 is 6.33.